The zero-order valence-corrected chi connectivity index (χ0v) is 13.0. The van der Waals surface area contributed by atoms with Crippen molar-refractivity contribution in [1.29, 1.82) is 0 Å². The van der Waals surface area contributed by atoms with Crippen molar-refractivity contribution < 1.29 is 17.9 Å². The van der Waals surface area contributed by atoms with Crippen molar-refractivity contribution >= 4 is 54.6 Å². The fourth-order valence-electron chi connectivity index (χ4n) is 1.31. The second-order valence-corrected chi connectivity index (χ2v) is 7.50. The number of nitrogens with one attached hydrogen (secondary N) is 1. The lowest BCUT2D eigenvalue weighted by atomic mass is 10.3. The first-order chi connectivity index (χ1) is 8.81. The first-order valence-electron chi connectivity index (χ1n) is 4.75. The fourth-order valence-corrected chi connectivity index (χ4v) is 4.91. The molecule has 2 rings (SSSR count). The van der Waals surface area contributed by atoms with Crippen LogP contribution in [0.1, 0.15) is 0 Å². The summed E-state index contributed by atoms with van der Waals surface area (Å²) in [6.07, 6.45) is 0. The molecule has 1 aromatic heterocycles. The van der Waals surface area contributed by atoms with Crippen LogP contribution in [0.2, 0.25) is 5.02 Å². The molecule has 2 aromatic rings. The van der Waals surface area contributed by atoms with Gasteiger partial charge in [0.05, 0.1) is 10.7 Å². The third kappa shape index (κ3) is 3.02. The molecule has 1 aromatic carbocycles. The van der Waals surface area contributed by atoms with Crippen LogP contribution in [0.4, 0.5) is 10.1 Å². The van der Waals surface area contributed by atoms with Gasteiger partial charge in [-0.05, 0) is 33.4 Å². The summed E-state index contributed by atoms with van der Waals surface area (Å²) >= 11 is 9.65. The summed E-state index contributed by atoms with van der Waals surface area (Å²) in [5.74, 6) is -1.29. The van der Waals surface area contributed by atoms with E-state index in [1.807, 2.05) is 0 Å². The Morgan fingerprint density at radius 2 is 2.11 bits per heavy atom. The maximum atomic E-state index is 13.2. The van der Waals surface area contributed by atoms with Crippen LogP contribution in [-0.2, 0) is 10.0 Å². The highest BCUT2D eigenvalue weighted by Crippen LogP contribution is 2.36. The molecule has 0 bridgehead atoms. The number of hydrogen-bond donors (Lipinski definition) is 2. The molecule has 0 aliphatic heterocycles. The predicted molar refractivity (Wildman–Crippen MR) is 75.9 cm³/mol. The predicted octanol–water partition coefficient (Wildman–Crippen LogP) is 3.81. The molecule has 0 atom stereocenters. The Kier molecular flexibility index (Phi) is 4.05. The van der Waals surface area contributed by atoms with Crippen LogP contribution in [0.15, 0.2) is 32.3 Å². The van der Waals surface area contributed by atoms with Gasteiger partial charge in [-0.15, -0.1) is 11.3 Å². The van der Waals surface area contributed by atoms with Gasteiger partial charge in [-0.3, -0.25) is 4.72 Å². The molecule has 102 valence electrons. The molecule has 1 heterocycles. The van der Waals surface area contributed by atoms with Crippen LogP contribution in [0.5, 0.6) is 5.75 Å². The third-order valence-corrected chi connectivity index (χ3v) is 6.42. The molecule has 2 N–H and O–H groups in total. The third-order valence-electron chi connectivity index (χ3n) is 2.10. The Morgan fingerprint density at radius 3 is 2.68 bits per heavy atom. The van der Waals surface area contributed by atoms with E-state index in [0.29, 0.717) is 4.47 Å². The largest absolute Gasteiger partial charge is 0.504 e. The topological polar surface area (TPSA) is 66.4 Å². The van der Waals surface area contributed by atoms with Crippen molar-refractivity contribution in [3.8, 4) is 5.75 Å². The number of hydrogen-bond acceptors (Lipinski definition) is 4. The van der Waals surface area contributed by atoms with E-state index in [1.54, 1.807) is 11.4 Å². The molecule has 9 heteroatoms. The van der Waals surface area contributed by atoms with Crippen LogP contribution in [0.25, 0.3) is 0 Å². The quantitative estimate of drug-likeness (QED) is 0.788. The molecule has 0 fully saturated rings. The maximum absolute atomic E-state index is 13.2. The molecule has 0 aliphatic rings. The second kappa shape index (κ2) is 5.28. The number of phenolic OH excluding ortho intramolecular Hbond substituents is 1. The van der Waals surface area contributed by atoms with E-state index < -0.39 is 21.6 Å². The molecule has 0 unspecified atom stereocenters. The zero-order valence-electron chi connectivity index (χ0n) is 9.02. The van der Waals surface area contributed by atoms with Crippen molar-refractivity contribution in [2.24, 2.45) is 0 Å². The van der Waals surface area contributed by atoms with Crippen LogP contribution >= 0.6 is 38.9 Å². The van der Waals surface area contributed by atoms with Crippen molar-refractivity contribution in [3.05, 3.63) is 38.9 Å². The fraction of sp³-hybridized carbons (Fsp3) is 0. The van der Waals surface area contributed by atoms with Gasteiger partial charge in [0.15, 0.2) is 9.96 Å². The molecule has 0 saturated heterocycles. The highest BCUT2D eigenvalue weighted by Gasteiger charge is 2.21. The standard InChI is InChI=1S/C10H6BrClFNO3S2/c11-6-1-2-18-10(6)19(16,17)14-8-4-5(13)3-7(12)9(8)15/h1-4,14-15H. The highest BCUT2D eigenvalue weighted by atomic mass is 79.9. The lowest BCUT2D eigenvalue weighted by molar-refractivity contribution is 0.476. The normalized spacial score (nSPS) is 11.5. The summed E-state index contributed by atoms with van der Waals surface area (Å²) in [6.45, 7) is 0. The van der Waals surface area contributed by atoms with E-state index in [-0.39, 0.29) is 14.9 Å². The Morgan fingerprint density at radius 1 is 1.42 bits per heavy atom. The lowest BCUT2D eigenvalue weighted by Gasteiger charge is -2.09. The first kappa shape index (κ1) is 14.6. The van der Waals surface area contributed by atoms with Gasteiger partial charge >= 0.3 is 0 Å². The molecule has 0 saturated carbocycles. The van der Waals surface area contributed by atoms with Gasteiger partial charge in [0.2, 0.25) is 0 Å². The average Bonchev–Trinajstić information content (AvgIpc) is 2.72. The minimum Gasteiger partial charge on any atom is -0.504 e. The number of anilines is 1. The molecule has 0 amide bonds. The van der Waals surface area contributed by atoms with E-state index in [9.17, 15) is 17.9 Å². The number of thiophene rings is 1. The van der Waals surface area contributed by atoms with Gasteiger partial charge in [-0.2, -0.15) is 0 Å². The number of aromatic hydroxyl groups is 1. The van der Waals surface area contributed by atoms with Gasteiger partial charge in [-0.25, -0.2) is 12.8 Å². The molecule has 0 aliphatic carbocycles. The SMILES string of the molecule is O=S(=O)(Nc1cc(F)cc(Cl)c1O)c1sccc1Br. The number of sulfonamides is 1. The number of halogens is 3. The molecule has 4 nitrogen and oxygen atoms in total. The van der Waals surface area contributed by atoms with E-state index in [4.69, 9.17) is 11.6 Å². The number of benzene rings is 1. The van der Waals surface area contributed by atoms with Gasteiger partial charge in [0.25, 0.3) is 10.0 Å². The Bertz CT molecular complexity index is 732. The van der Waals surface area contributed by atoms with Crippen molar-refractivity contribution in [2.75, 3.05) is 4.72 Å². The van der Waals surface area contributed by atoms with Gasteiger partial charge < -0.3 is 5.11 Å². The molecule has 0 spiro atoms. The van der Waals surface area contributed by atoms with E-state index in [0.717, 1.165) is 23.5 Å². The van der Waals surface area contributed by atoms with Crippen LogP contribution in [0.3, 0.4) is 0 Å². The minimum absolute atomic E-state index is 0.0206. The number of rotatable bonds is 3. The van der Waals surface area contributed by atoms with E-state index in [2.05, 4.69) is 20.7 Å². The molecular formula is C10H6BrClFNO3S2. The maximum Gasteiger partial charge on any atom is 0.272 e. The summed E-state index contributed by atoms with van der Waals surface area (Å²) in [5, 5.41) is 10.9. The van der Waals surface area contributed by atoms with Gasteiger partial charge in [0, 0.05) is 10.5 Å². The summed E-state index contributed by atoms with van der Waals surface area (Å²) < 4.78 is 39.8. The lowest BCUT2D eigenvalue weighted by Crippen LogP contribution is -2.12. The highest BCUT2D eigenvalue weighted by molar-refractivity contribution is 9.10. The van der Waals surface area contributed by atoms with Gasteiger partial charge in [-0.1, -0.05) is 11.6 Å². The zero-order chi connectivity index (χ0) is 14.2. The second-order valence-electron chi connectivity index (χ2n) is 3.45. The summed E-state index contributed by atoms with van der Waals surface area (Å²) in [6, 6.07) is 3.30. The molecular weight excluding hydrogens is 381 g/mol. The van der Waals surface area contributed by atoms with E-state index in [1.165, 1.54) is 0 Å². The average molecular weight is 387 g/mol. The van der Waals surface area contributed by atoms with Crippen molar-refractivity contribution in [2.45, 2.75) is 4.21 Å². The summed E-state index contributed by atoms with van der Waals surface area (Å²) in [7, 11) is -3.92. The Balaban J connectivity index is 2.45. The summed E-state index contributed by atoms with van der Waals surface area (Å²) in [4.78, 5) is 0. The number of phenols is 1. The minimum atomic E-state index is -3.92. The smallest absolute Gasteiger partial charge is 0.272 e. The summed E-state index contributed by atoms with van der Waals surface area (Å²) in [5.41, 5.74) is -0.315. The first-order valence-corrected chi connectivity index (χ1v) is 8.28. The Hall–Kier alpha value is -0.830. The van der Waals surface area contributed by atoms with E-state index >= 15 is 0 Å². The van der Waals surface area contributed by atoms with Crippen LogP contribution < -0.4 is 4.72 Å². The Labute approximate surface area is 126 Å². The monoisotopic (exact) mass is 385 g/mol. The molecule has 0 radical (unpaired) electrons. The van der Waals surface area contributed by atoms with Gasteiger partial charge in [0.1, 0.15) is 5.82 Å². The van der Waals surface area contributed by atoms with Crippen LogP contribution in [-0.4, -0.2) is 13.5 Å². The van der Waals surface area contributed by atoms with Crippen molar-refractivity contribution in [1.82, 2.24) is 0 Å². The van der Waals surface area contributed by atoms with Crippen LogP contribution in [0, 0.1) is 5.82 Å². The van der Waals surface area contributed by atoms with Crippen molar-refractivity contribution in [3.63, 3.8) is 0 Å². The molecule has 19 heavy (non-hydrogen) atoms.